The third-order valence-electron chi connectivity index (χ3n) is 2.34. The van der Waals surface area contributed by atoms with Crippen molar-refractivity contribution >= 4 is 32.9 Å². The van der Waals surface area contributed by atoms with E-state index in [9.17, 15) is 0 Å². The smallest absolute Gasteiger partial charge is 0.00143 e. The Morgan fingerprint density at radius 2 is 1.23 bits per heavy atom. The first-order chi connectivity index (χ1) is 6.43. The highest BCUT2D eigenvalue weighted by atomic mass is 32.1. The lowest BCUT2D eigenvalue weighted by atomic mass is 10.1. The molecule has 0 spiro atoms. The van der Waals surface area contributed by atoms with Crippen molar-refractivity contribution in [2.75, 3.05) is 0 Å². The summed E-state index contributed by atoms with van der Waals surface area (Å²) in [6.07, 6.45) is 0. The van der Waals surface area contributed by atoms with E-state index in [4.69, 9.17) is 0 Å². The van der Waals surface area contributed by atoms with E-state index in [2.05, 4.69) is 47.2 Å². The molecule has 0 aliphatic heterocycles. The molecule has 0 aliphatic carbocycles. The van der Waals surface area contributed by atoms with Crippen LogP contribution in [-0.4, -0.2) is 0 Å². The molecular weight excluding hydrogens is 176 g/mol. The zero-order valence-corrected chi connectivity index (χ0v) is 7.84. The molecule has 0 saturated carbocycles. The quantitative estimate of drug-likeness (QED) is 0.494. The largest absolute Gasteiger partial charge is 0.151 e. The van der Waals surface area contributed by atoms with Gasteiger partial charge in [-0.15, -0.1) is 0 Å². The minimum absolute atomic E-state index is 1.33. The van der Waals surface area contributed by atoms with Crippen LogP contribution in [0.2, 0.25) is 0 Å². The Bertz CT molecular complexity index is 514. The third kappa shape index (κ3) is 1.04. The van der Waals surface area contributed by atoms with E-state index in [0.29, 0.717) is 0 Å². The summed E-state index contributed by atoms with van der Waals surface area (Å²) in [5.74, 6) is 0. The van der Waals surface area contributed by atoms with Gasteiger partial charge < -0.3 is 0 Å². The second kappa shape index (κ2) is 2.57. The SMILES string of the molecule is c1ccc2cc3cscc3cc2c1. The first-order valence-electron chi connectivity index (χ1n) is 4.28. The molecule has 0 aliphatic rings. The highest BCUT2D eigenvalue weighted by Gasteiger charge is 1.96. The van der Waals surface area contributed by atoms with Crippen LogP contribution in [0.25, 0.3) is 21.5 Å². The van der Waals surface area contributed by atoms with E-state index in [0.717, 1.165) is 0 Å². The molecule has 1 aromatic heterocycles. The van der Waals surface area contributed by atoms with Crippen LogP contribution in [0.5, 0.6) is 0 Å². The molecule has 0 fully saturated rings. The highest BCUT2D eigenvalue weighted by Crippen LogP contribution is 2.25. The van der Waals surface area contributed by atoms with Gasteiger partial charge in [0.05, 0.1) is 0 Å². The van der Waals surface area contributed by atoms with E-state index >= 15 is 0 Å². The van der Waals surface area contributed by atoms with Gasteiger partial charge in [0, 0.05) is 0 Å². The Hall–Kier alpha value is -1.34. The van der Waals surface area contributed by atoms with Crippen molar-refractivity contribution in [2.45, 2.75) is 0 Å². The minimum atomic E-state index is 1.33. The van der Waals surface area contributed by atoms with Crippen molar-refractivity contribution in [3.63, 3.8) is 0 Å². The second-order valence-corrected chi connectivity index (χ2v) is 3.94. The summed E-state index contributed by atoms with van der Waals surface area (Å²) in [7, 11) is 0. The van der Waals surface area contributed by atoms with Crippen LogP contribution in [0.1, 0.15) is 0 Å². The van der Waals surface area contributed by atoms with Crippen molar-refractivity contribution < 1.29 is 0 Å². The predicted molar refractivity (Wildman–Crippen MR) is 59.3 cm³/mol. The fourth-order valence-electron chi connectivity index (χ4n) is 1.66. The average Bonchev–Trinajstić information content (AvgIpc) is 2.61. The molecule has 2 aromatic carbocycles. The Kier molecular flexibility index (Phi) is 1.41. The maximum Gasteiger partial charge on any atom is -0.00143 e. The molecule has 3 rings (SSSR count). The van der Waals surface area contributed by atoms with Crippen molar-refractivity contribution in [3.8, 4) is 0 Å². The van der Waals surface area contributed by atoms with E-state index in [1.54, 1.807) is 11.3 Å². The fraction of sp³-hybridized carbons (Fsp3) is 0. The number of rotatable bonds is 0. The van der Waals surface area contributed by atoms with E-state index in [1.807, 2.05) is 0 Å². The number of hydrogen-bond donors (Lipinski definition) is 0. The van der Waals surface area contributed by atoms with Gasteiger partial charge in [-0.3, -0.25) is 0 Å². The number of thiophene rings is 1. The zero-order chi connectivity index (χ0) is 8.67. The molecule has 1 heterocycles. The van der Waals surface area contributed by atoms with Crippen LogP contribution in [0.3, 0.4) is 0 Å². The number of benzene rings is 2. The summed E-state index contributed by atoms with van der Waals surface area (Å²) in [6, 6.07) is 13.0. The molecule has 0 saturated heterocycles. The molecule has 0 unspecified atom stereocenters. The Balaban J connectivity index is 2.57. The van der Waals surface area contributed by atoms with Crippen LogP contribution in [-0.2, 0) is 0 Å². The van der Waals surface area contributed by atoms with Crippen LogP contribution in [0.15, 0.2) is 47.2 Å². The van der Waals surface area contributed by atoms with Crippen LogP contribution >= 0.6 is 11.3 Å². The summed E-state index contributed by atoms with van der Waals surface area (Å²) in [5.41, 5.74) is 0. The monoisotopic (exact) mass is 184 g/mol. The topological polar surface area (TPSA) is 0 Å². The Labute approximate surface area is 80.4 Å². The molecular formula is C12H8S. The van der Waals surface area contributed by atoms with Crippen LogP contribution in [0, 0.1) is 0 Å². The first-order valence-corrected chi connectivity index (χ1v) is 5.22. The van der Waals surface area contributed by atoms with Gasteiger partial charge in [-0.05, 0) is 44.4 Å². The van der Waals surface area contributed by atoms with Crippen LogP contribution in [0.4, 0.5) is 0 Å². The van der Waals surface area contributed by atoms with Gasteiger partial charge in [0.15, 0.2) is 0 Å². The normalized spacial score (nSPS) is 11.1. The summed E-state index contributed by atoms with van der Waals surface area (Å²) >= 11 is 1.76. The van der Waals surface area contributed by atoms with Crippen molar-refractivity contribution in [1.29, 1.82) is 0 Å². The maximum atomic E-state index is 2.25. The van der Waals surface area contributed by atoms with Gasteiger partial charge in [-0.25, -0.2) is 0 Å². The molecule has 3 aromatic rings. The molecule has 0 N–H and O–H groups in total. The van der Waals surface area contributed by atoms with E-state index in [1.165, 1.54) is 21.5 Å². The minimum Gasteiger partial charge on any atom is -0.151 e. The molecule has 62 valence electrons. The zero-order valence-electron chi connectivity index (χ0n) is 7.03. The van der Waals surface area contributed by atoms with Crippen molar-refractivity contribution in [3.05, 3.63) is 47.2 Å². The second-order valence-electron chi connectivity index (χ2n) is 3.20. The Morgan fingerprint density at radius 1 is 0.692 bits per heavy atom. The molecule has 0 atom stereocenters. The van der Waals surface area contributed by atoms with Gasteiger partial charge in [0.25, 0.3) is 0 Å². The van der Waals surface area contributed by atoms with Gasteiger partial charge in [0.1, 0.15) is 0 Å². The molecule has 0 radical (unpaired) electrons. The average molecular weight is 184 g/mol. The third-order valence-corrected chi connectivity index (χ3v) is 3.12. The highest BCUT2D eigenvalue weighted by molar-refractivity contribution is 7.09. The number of fused-ring (bicyclic) bond motifs is 2. The lowest BCUT2D eigenvalue weighted by Gasteiger charge is -1.96. The first kappa shape index (κ1) is 7.10. The maximum absolute atomic E-state index is 2.25. The standard InChI is InChI=1S/C12H8S/c1-2-4-10-6-12-8-13-7-11(12)5-9(10)3-1/h1-8H. The Morgan fingerprint density at radius 3 is 1.77 bits per heavy atom. The lowest BCUT2D eigenvalue weighted by Crippen LogP contribution is -1.70. The molecule has 0 amide bonds. The van der Waals surface area contributed by atoms with Crippen molar-refractivity contribution in [2.24, 2.45) is 0 Å². The molecule has 1 heteroatoms. The summed E-state index contributed by atoms with van der Waals surface area (Å²) in [5, 5.41) is 9.75. The van der Waals surface area contributed by atoms with Crippen LogP contribution < -0.4 is 0 Å². The molecule has 13 heavy (non-hydrogen) atoms. The molecule has 0 nitrogen and oxygen atoms in total. The predicted octanol–water partition coefficient (Wildman–Crippen LogP) is 4.05. The lowest BCUT2D eigenvalue weighted by molar-refractivity contribution is 1.81. The van der Waals surface area contributed by atoms with E-state index in [-0.39, 0.29) is 0 Å². The summed E-state index contributed by atoms with van der Waals surface area (Å²) in [4.78, 5) is 0. The van der Waals surface area contributed by atoms with Gasteiger partial charge in [-0.2, -0.15) is 11.3 Å². The van der Waals surface area contributed by atoms with Crippen molar-refractivity contribution in [1.82, 2.24) is 0 Å². The fourth-order valence-corrected chi connectivity index (χ4v) is 2.43. The van der Waals surface area contributed by atoms with Gasteiger partial charge >= 0.3 is 0 Å². The summed E-state index contributed by atoms with van der Waals surface area (Å²) in [6.45, 7) is 0. The van der Waals surface area contributed by atoms with E-state index < -0.39 is 0 Å². The molecule has 0 bridgehead atoms. The summed E-state index contributed by atoms with van der Waals surface area (Å²) < 4.78 is 0. The number of hydrogen-bond acceptors (Lipinski definition) is 1. The van der Waals surface area contributed by atoms with Gasteiger partial charge in [-0.1, -0.05) is 24.3 Å². The van der Waals surface area contributed by atoms with Gasteiger partial charge in [0.2, 0.25) is 0 Å².